The van der Waals surface area contributed by atoms with Crippen LogP contribution in [0.3, 0.4) is 0 Å². The van der Waals surface area contributed by atoms with Crippen LogP contribution in [0.2, 0.25) is 0 Å². The lowest BCUT2D eigenvalue weighted by atomic mass is 9.90. The Hall–Kier alpha value is -3.82. The summed E-state index contributed by atoms with van der Waals surface area (Å²) < 4.78 is 8.13. The summed E-state index contributed by atoms with van der Waals surface area (Å²) in [4.78, 5) is 18.8. The van der Waals surface area contributed by atoms with Gasteiger partial charge in [-0.25, -0.2) is 19.6 Å². The molecule has 4 heterocycles. The topological polar surface area (TPSA) is 102 Å². The van der Waals surface area contributed by atoms with Crippen molar-refractivity contribution < 1.29 is 4.42 Å². The van der Waals surface area contributed by atoms with E-state index in [-0.39, 0.29) is 0 Å². The molecule has 1 aliphatic heterocycles. The Bertz CT molecular complexity index is 1610. The monoisotopic (exact) mass is 522 g/mol. The standard InChI is InChI=1S/C30H34N8O/c1-19-17-20(30-34-24-5-3-4-6-25(24)39-30)7-12-23(19)27-26-28(31)32-18-33-29(26)38(35-27)22-10-8-21(9-11-22)37-15-13-36(2)14-16-37/h3-7,12,17-18,21-22H,8-11,13-16H2,1-2H3,(H2,31,32,33). The number of anilines is 1. The second-order valence-electron chi connectivity index (χ2n) is 11.1. The fourth-order valence-electron chi connectivity index (χ4n) is 6.35. The number of hydrogen-bond acceptors (Lipinski definition) is 8. The largest absolute Gasteiger partial charge is 0.436 e. The van der Waals surface area contributed by atoms with Gasteiger partial charge >= 0.3 is 0 Å². The number of nitrogen functional groups attached to an aromatic ring is 1. The molecular formula is C30H34N8O. The average Bonchev–Trinajstić information content (AvgIpc) is 3.57. The van der Waals surface area contributed by atoms with Gasteiger partial charge in [0.15, 0.2) is 11.2 Å². The van der Waals surface area contributed by atoms with E-state index in [0.29, 0.717) is 23.8 Å². The number of benzene rings is 2. The Morgan fingerprint density at radius 2 is 1.69 bits per heavy atom. The molecule has 2 fully saturated rings. The number of hydrogen-bond donors (Lipinski definition) is 1. The predicted molar refractivity (Wildman–Crippen MR) is 153 cm³/mol. The highest BCUT2D eigenvalue weighted by molar-refractivity contribution is 5.99. The molecule has 2 aromatic carbocycles. The van der Waals surface area contributed by atoms with Crippen molar-refractivity contribution >= 4 is 28.0 Å². The number of rotatable bonds is 4. The molecule has 0 spiro atoms. The van der Waals surface area contributed by atoms with Crippen molar-refractivity contribution in [1.29, 1.82) is 0 Å². The van der Waals surface area contributed by atoms with E-state index in [0.717, 1.165) is 70.4 Å². The Morgan fingerprint density at radius 1 is 0.923 bits per heavy atom. The molecule has 0 radical (unpaired) electrons. The summed E-state index contributed by atoms with van der Waals surface area (Å²) in [5.41, 5.74) is 12.8. The molecule has 3 aromatic heterocycles. The first-order valence-electron chi connectivity index (χ1n) is 13.9. The highest BCUT2D eigenvalue weighted by atomic mass is 16.3. The Balaban J connectivity index is 1.19. The minimum absolute atomic E-state index is 0.304. The maximum atomic E-state index is 6.44. The first-order chi connectivity index (χ1) is 19.0. The summed E-state index contributed by atoms with van der Waals surface area (Å²) in [6.07, 6.45) is 6.10. The number of para-hydroxylation sites is 2. The van der Waals surface area contributed by atoms with Crippen LogP contribution in [0.1, 0.15) is 37.3 Å². The van der Waals surface area contributed by atoms with Gasteiger partial charge in [0.25, 0.3) is 0 Å². The van der Waals surface area contributed by atoms with E-state index in [9.17, 15) is 0 Å². The smallest absolute Gasteiger partial charge is 0.227 e. The summed E-state index contributed by atoms with van der Waals surface area (Å²) in [6, 6.07) is 15.0. The summed E-state index contributed by atoms with van der Waals surface area (Å²) in [5.74, 6) is 1.08. The highest BCUT2D eigenvalue weighted by Gasteiger charge is 2.31. The van der Waals surface area contributed by atoms with Crippen LogP contribution in [-0.2, 0) is 0 Å². The number of fused-ring (bicyclic) bond motifs is 2. The summed E-state index contributed by atoms with van der Waals surface area (Å²) in [6.45, 7) is 6.75. The van der Waals surface area contributed by atoms with Gasteiger partial charge in [0.2, 0.25) is 5.89 Å². The van der Waals surface area contributed by atoms with Crippen LogP contribution in [0.4, 0.5) is 5.82 Å². The van der Waals surface area contributed by atoms with Crippen molar-refractivity contribution in [2.45, 2.75) is 44.7 Å². The molecule has 200 valence electrons. The zero-order valence-corrected chi connectivity index (χ0v) is 22.5. The fourth-order valence-corrected chi connectivity index (χ4v) is 6.35. The number of likely N-dealkylation sites (N-methyl/N-ethyl adjacent to an activating group) is 1. The lowest BCUT2D eigenvalue weighted by Gasteiger charge is -2.41. The van der Waals surface area contributed by atoms with Gasteiger partial charge in [-0.2, -0.15) is 5.10 Å². The number of aromatic nitrogens is 5. The molecule has 0 amide bonds. The van der Waals surface area contributed by atoms with Crippen LogP contribution < -0.4 is 5.73 Å². The van der Waals surface area contributed by atoms with Gasteiger partial charge in [0.1, 0.15) is 23.4 Å². The van der Waals surface area contributed by atoms with Gasteiger partial charge in [-0.1, -0.05) is 18.2 Å². The fraction of sp³-hybridized carbons (Fsp3) is 0.400. The van der Waals surface area contributed by atoms with Crippen LogP contribution in [0.5, 0.6) is 0 Å². The van der Waals surface area contributed by atoms with Gasteiger partial charge in [0, 0.05) is 43.3 Å². The average molecular weight is 523 g/mol. The minimum Gasteiger partial charge on any atom is -0.436 e. The molecule has 2 N–H and O–H groups in total. The molecular weight excluding hydrogens is 488 g/mol. The molecule has 9 heteroatoms. The van der Waals surface area contributed by atoms with Crippen molar-refractivity contribution in [3.8, 4) is 22.7 Å². The molecule has 2 aliphatic rings. The van der Waals surface area contributed by atoms with E-state index in [1.54, 1.807) is 6.33 Å². The zero-order valence-electron chi connectivity index (χ0n) is 22.5. The van der Waals surface area contributed by atoms with Crippen LogP contribution in [-0.4, -0.2) is 73.8 Å². The molecule has 39 heavy (non-hydrogen) atoms. The molecule has 1 aliphatic carbocycles. The predicted octanol–water partition coefficient (Wildman–Crippen LogP) is 4.92. The van der Waals surface area contributed by atoms with Gasteiger partial charge < -0.3 is 15.1 Å². The molecule has 9 nitrogen and oxygen atoms in total. The van der Waals surface area contributed by atoms with Crippen LogP contribution in [0.15, 0.2) is 53.2 Å². The summed E-state index contributed by atoms with van der Waals surface area (Å²) in [5, 5.41) is 5.99. The first kappa shape index (κ1) is 24.2. The Kier molecular flexibility index (Phi) is 6.05. The molecule has 1 saturated carbocycles. The van der Waals surface area contributed by atoms with E-state index in [4.69, 9.17) is 15.2 Å². The molecule has 0 atom stereocenters. The summed E-state index contributed by atoms with van der Waals surface area (Å²) >= 11 is 0. The van der Waals surface area contributed by atoms with Crippen molar-refractivity contribution in [3.63, 3.8) is 0 Å². The van der Waals surface area contributed by atoms with Gasteiger partial charge in [-0.3, -0.25) is 4.90 Å². The Morgan fingerprint density at radius 3 is 2.46 bits per heavy atom. The van der Waals surface area contributed by atoms with E-state index in [1.807, 2.05) is 30.3 Å². The van der Waals surface area contributed by atoms with E-state index < -0.39 is 0 Å². The van der Waals surface area contributed by atoms with Gasteiger partial charge in [-0.05, 0) is 69.5 Å². The third kappa shape index (κ3) is 4.35. The van der Waals surface area contributed by atoms with E-state index in [1.165, 1.54) is 25.9 Å². The molecule has 1 saturated heterocycles. The molecule has 5 aromatic rings. The second-order valence-corrected chi connectivity index (χ2v) is 11.1. The number of oxazole rings is 1. The molecule has 0 bridgehead atoms. The molecule has 7 rings (SSSR count). The normalized spacial score (nSPS) is 21.2. The quantitative estimate of drug-likeness (QED) is 0.355. The van der Waals surface area contributed by atoms with Crippen molar-refractivity contribution in [1.82, 2.24) is 34.5 Å². The number of nitrogens with zero attached hydrogens (tertiary/aromatic N) is 7. The Labute approximate surface area is 227 Å². The van der Waals surface area contributed by atoms with Crippen LogP contribution in [0.25, 0.3) is 44.8 Å². The van der Waals surface area contributed by atoms with Crippen LogP contribution in [0, 0.1) is 6.92 Å². The highest BCUT2D eigenvalue weighted by Crippen LogP contribution is 2.38. The number of piperazine rings is 1. The van der Waals surface area contributed by atoms with Crippen molar-refractivity contribution in [2.75, 3.05) is 39.0 Å². The van der Waals surface area contributed by atoms with Crippen molar-refractivity contribution in [2.24, 2.45) is 0 Å². The second kappa shape index (κ2) is 9.73. The maximum absolute atomic E-state index is 6.44. The third-order valence-electron chi connectivity index (χ3n) is 8.61. The third-order valence-corrected chi connectivity index (χ3v) is 8.61. The SMILES string of the molecule is Cc1cc(-c2nc3ccccc3o2)ccc1-c1nn(C2CCC(N3CCN(C)CC3)CC2)c2ncnc(N)c12. The zero-order chi connectivity index (χ0) is 26.5. The molecule has 0 unspecified atom stereocenters. The minimum atomic E-state index is 0.304. The number of aryl methyl sites for hydroxylation is 1. The van der Waals surface area contributed by atoms with E-state index in [2.05, 4.69) is 55.5 Å². The van der Waals surface area contributed by atoms with Crippen molar-refractivity contribution in [3.05, 3.63) is 54.4 Å². The number of nitrogens with two attached hydrogens (primary N) is 1. The van der Waals surface area contributed by atoms with E-state index >= 15 is 0 Å². The summed E-state index contributed by atoms with van der Waals surface area (Å²) in [7, 11) is 2.22. The lowest BCUT2D eigenvalue weighted by Crippen LogP contribution is -2.49. The van der Waals surface area contributed by atoms with Crippen LogP contribution >= 0.6 is 0 Å². The first-order valence-corrected chi connectivity index (χ1v) is 13.9. The van der Waals surface area contributed by atoms with Gasteiger partial charge in [0.05, 0.1) is 11.4 Å². The maximum Gasteiger partial charge on any atom is 0.227 e. The van der Waals surface area contributed by atoms with Gasteiger partial charge in [-0.15, -0.1) is 0 Å². The lowest BCUT2D eigenvalue weighted by molar-refractivity contribution is 0.0815.